The van der Waals surface area contributed by atoms with Crippen molar-refractivity contribution in [2.24, 2.45) is 5.92 Å². The molecule has 1 saturated carbocycles. The van der Waals surface area contributed by atoms with Gasteiger partial charge in [-0.2, -0.15) is 0 Å². The maximum atomic E-state index is 4.65. The minimum atomic E-state index is 0.546. The quantitative estimate of drug-likeness (QED) is 0.874. The van der Waals surface area contributed by atoms with E-state index in [0.29, 0.717) is 6.04 Å². The summed E-state index contributed by atoms with van der Waals surface area (Å²) in [6.07, 6.45) is 4.13. The molecule has 0 amide bonds. The van der Waals surface area contributed by atoms with Crippen molar-refractivity contribution in [3.63, 3.8) is 0 Å². The number of benzene rings is 1. The van der Waals surface area contributed by atoms with Crippen molar-refractivity contribution in [3.05, 3.63) is 23.8 Å². The van der Waals surface area contributed by atoms with Crippen molar-refractivity contribution >= 4 is 26.7 Å². The summed E-state index contributed by atoms with van der Waals surface area (Å²) in [4.78, 5) is 4.65. The Morgan fingerprint density at radius 2 is 2.29 bits per heavy atom. The van der Waals surface area contributed by atoms with Crippen LogP contribution < -0.4 is 5.32 Å². The van der Waals surface area contributed by atoms with E-state index in [9.17, 15) is 0 Å². The lowest BCUT2D eigenvalue weighted by Crippen LogP contribution is -2.15. The number of nitrogens with zero attached hydrogens (tertiary/aromatic N) is 1. The molecule has 2 aromatic rings. The lowest BCUT2D eigenvalue weighted by atomic mass is 10.2. The van der Waals surface area contributed by atoms with Gasteiger partial charge in [0.25, 0.3) is 0 Å². The highest BCUT2D eigenvalue weighted by Gasteiger charge is 2.23. The lowest BCUT2D eigenvalue weighted by molar-refractivity contribution is 0.642. The molecule has 0 radical (unpaired) electrons. The monoisotopic (exact) mass is 246 g/mol. The van der Waals surface area contributed by atoms with Crippen LogP contribution in [-0.4, -0.2) is 11.0 Å². The number of thiazole rings is 1. The third-order valence-electron chi connectivity index (χ3n) is 3.30. The van der Waals surface area contributed by atoms with Gasteiger partial charge >= 0.3 is 0 Å². The highest BCUT2D eigenvalue weighted by atomic mass is 32.1. The van der Waals surface area contributed by atoms with E-state index in [4.69, 9.17) is 0 Å². The Balaban J connectivity index is 1.75. The largest absolute Gasteiger partial charge is 0.359 e. The van der Waals surface area contributed by atoms with E-state index in [2.05, 4.69) is 42.3 Å². The van der Waals surface area contributed by atoms with Crippen molar-refractivity contribution in [2.45, 2.75) is 39.2 Å². The van der Waals surface area contributed by atoms with E-state index in [-0.39, 0.29) is 0 Å². The molecule has 1 aliphatic rings. The molecule has 1 atom stereocenters. The van der Waals surface area contributed by atoms with Gasteiger partial charge in [0.15, 0.2) is 5.13 Å². The van der Waals surface area contributed by atoms with Gasteiger partial charge in [0.1, 0.15) is 0 Å². The van der Waals surface area contributed by atoms with E-state index in [0.717, 1.165) is 16.6 Å². The van der Waals surface area contributed by atoms with Crippen LogP contribution >= 0.6 is 11.3 Å². The van der Waals surface area contributed by atoms with E-state index in [1.165, 1.54) is 29.5 Å². The molecule has 1 N–H and O–H groups in total. The Hall–Kier alpha value is -1.09. The maximum absolute atomic E-state index is 4.65. The molecule has 0 spiro atoms. The number of fused-ring (bicyclic) bond motifs is 1. The molecule has 0 aliphatic heterocycles. The van der Waals surface area contributed by atoms with Crippen molar-refractivity contribution in [3.8, 4) is 0 Å². The van der Waals surface area contributed by atoms with Crippen LogP contribution in [0.3, 0.4) is 0 Å². The second kappa shape index (κ2) is 4.30. The number of rotatable bonds is 4. The zero-order valence-corrected chi connectivity index (χ0v) is 11.2. The second-order valence-corrected chi connectivity index (χ2v) is 6.25. The molecule has 0 saturated heterocycles. The Kier molecular flexibility index (Phi) is 2.79. The summed E-state index contributed by atoms with van der Waals surface area (Å²) in [6, 6.07) is 7.02. The van der Waals surface area contributed by atoms with Gasteiger partial charge in [0.2, 0.25) is 0 Å². The first-order valence-electron chi connectivity index (χ1n) is 6.34. The van der Waals surface area contributed by atoms with Crippen LogP contribution in [0, 0.1) is 12.8 Å². The fourth-order valence-electron chi connectivity index (χ4n) is 2.22. The molecule has 90 valence electrons. The minimum absolute atomic E-state index is 0.546. The second-order valence-electron chi connectivity index (χ2n) is 5.21. The number of hydrogen-bond donors (Lipinski definition) is 1. The highest BCUT2D eigenvalue weighted by molar-refractivity contribution is 7.22. The zero-order valence-electron chi connectivity index (χ0n) is 10.4. The summed E-state index contributed by atoms with van der Waals surface area (Å²) in [5.41, 5.74) is 2.40. The molecule has 1 heterocycles. The smallest absolute Gasteiger partial charge is 0.183 e. The predicted molar refractivity (Wildman–Crippen MR) is 74.8 cm³/mol. The van der Waals surface area contributed by atoms with E-state index in [1.807, 2.05) is 0 Å². The zero-order chi connectivity index (χ0) is 11.8. The SMILES string of the molecule is Cc1ccc2sc(NC(C)CC3CC3)nc2c1. The summed E-state index contributed by atoms with van der Waals surface area (Å²) in [6.45, 7) is 4.37. The van der Waals surface area contributed by atoms with Gasteiger partial charge in [-0.1, -0.05) is 30.2 Å². The molecule has 17 heavy (non-hydrogen) atoms. The summed E-state index contributed by atoms with van der Waals surface area (Å²) in [5, 5.41) is 4.60. The van der Waals surface area contributed by atoms with Crippen LogP contribution in [0.2, 0.25) is 0 Å². The van der Waals surface area contributed by atoms with Crippen LogP contribution in [0.1, 0.15) is 31.7 Å². The lowest BCUT2D eigenvalue weighted by Gasteiger charge is -2.11. The van der Waals surface area contributed by atoms with Crippen molar-refractivity contribution in [1.29, 1.82) is 0 Å². The summed E-state index contributed by atoms with van der Waals surface area (Å²) >= 11 is 1.76. The first kappa shape index (κ1) is 11.0. The molecular formula is C14H18N2S. The van der Waals surface area contributed by atoms with E-state index >= 15 is 0 Å². The first-order chi connectivity index (χ1) is 8.20. The Bertz CT molecular complexity index is 528. The molecule has 0 bridgehead atoms. The fraction of sp³-hybridized carbons (Fsp3) is 0.500. The Morgan fingerprint density at radius 3 is 3.06 bits per heavy atom. The molecule has 1 aromatic carbocycles. The van der Waals surface area contributed by atoms with Gasteiger partial charge in [-0.15, -0.1) is 0 Å². The van der Waals surface area contributed by atoms with Crippen molar-refractivity contribution in [1.82, 2.24) is 4.98 Å². The summed E-state index contributed by atoms with van der Waals surface area (Å²) in [7, 11) is 0. The molecule has 2 nitrogen and oxygen atoms in total. The van der Waals surface area contributed by atoms with Gasteiger partial charge in [-0.3, -0.25) is 0 Å². The molecule has 1 unspecified atom stereocenters. The molecular weight excluding hydrogens is 228 g/mol. The van der Waals surface area contributed by atoms with Gasteiger partial charge in [0.05, 0.1) is 10.2 Å². The van der Waals surface area contributed by atoms with Crippen LogP contribution in [0.4, 0.5) is 5.13 Å². The van der Waals surface area contributed by atoms with Crippen molar-refractivity contribution < 1.29 is 0 Å². The fourth-order valence-corrected chi connectivity index (χ4v) is 3.18. The van der Waals surface area contributed by atoms with Crippen molar-refractivity contribution in [2.75, 3.05) is 5.32 Å². The molecule has 1 fully saturated rings. The van der Waals surface area contributed by atoms with E-state index < -0.39 is 0 Å². The molecule has 1 aromatic heterocycles. The van der Waals surface area contributed by atoms with Gasteiger partial charge < -0.3 is 5.32 Å². The number of aryl methyl sites for hydroxylation is 1. The number of anilines is 1. The molecule has 1 aliphatic carbocycles. The van der Waals surface area contributed by atoms with Gasteiger partial charge in [-0.25, -0.2) is 4.98 Å². The van der Waals surface area contributed by atoms with Gasteiger partial charge in [-0.05, 0) is 43.9 Å². The maximum Gasteiger partial charge on any atom is 0.183 e. The first-order valence-corrected chi connectivity index (χ1v) is 7.16. The molecule has 3 rings (SSSR count). The standard InChI is InChI=1S/C14H18N2S/c1-9-3-6-13-12(7-9)16-14(17-13)15-10(2)8-11-4-5-11/h3,6-7,10-11H,4-5,8H2,1-2H3,(H,15,16). The summed E-state index contributed by atoms with van der Waals surface area (Å²) < 4.78 is 1.27. The Labute approximate surface area is 106 Å². The molecule has 3 heteroatoms. The van der Waals surface area contributed by atoms with Crippen LogP contribution in [0.15, 0.2) is 18.2 Å². The number of nitrogens with one attached hydrogen (secondary N) is 1. The number of aromatic nitrogens is 1. The summed E-state index contributed by atoms with van der Waals surface area (Å²) in [5.74, 6) is 0.967. The van der Waals surface area contributed by atoms with Crippen LogP contribution in [0.5, 0.6) is 0 Å². The normalized spacial score (nSPS) is 17.3. The average molecular weight is 246 g/mol. The average Bonchev–Trinajstić information content (AvgIpc) is 2.97. The number of hydrogen-bond acceptors (Lipinski definition) is 3. The van der Waals surface area contributed by atoms with E-state index in [1.54, 1.807) is 11.3 Å². The van der Waals surface area contributed by atoms with Crippen LogP contribution in [0.25, 0.3) is 10.2 Å². The predicted octanol–water partition coefficient (Wildman–Crippen LogP) is 4.21. The minimum Gasteiger partial charge on any atom is -0.359 e. The van der Waals surface area contributed by atoms with Crippen LogP contribution in [-0.2, 0) is 0 Å². The third kappa shape index (κ3) is 2.60. The highest BCUT2D eigenvalue weighted by Crippen LogP contribution is 2.34. The topological polar surface area (TPSA) is 24.9 Å². The third-order valence-corrected chi connectivity index (χ3v) is 4.26. The van der Waals surface area contributed by atoms with Gasteiger partial charge in [0, 0.05) is 6.04 Å². The Morgan fingerprint density at radius 1 is 1.47 bits per heavy atom.